The lowest BCUT2D eigenvalue weighted by atomic mass is 10.2. The molecular formula is C8H11F5N2O2S. The summed E-state index contributed by atoms with van der Waals surface area (Å²) in [4.78, 5) is 9.35. The fraction of sp³-hybridized carbons (Fsp3) is 0.750. The van der Waals surface area contributed by atoms with E-state index in [1.165, 1.54) is 6.26 Å². The first kappa shape index (κ1) is 16.9. The van der Waals surface area contributed by atoms with Crippen molar-refractivity contribution in [2.24, 2.45) is 0 Å². The fourth-order valence-corrected chi connectivity index (χ4v) is 1.37. The summed E-state index contributed by atoms with van der Waals surface area (Å²) in [5, 5.41) is 12.6. The number of alkyl halides is 5. The molecule has 0 atom stereocenters. The van der Waals surface area contributed by atoms with Crippen LogP contribution in [0.4, 0.5) is 22.0 Å². The summed E-state index contributed by atoms with van der Waals surface area (Å²) in [6.07, 6.45) is -5.25. The van der Waals surface area contributed by atoms with E-state index in [2.05, 4.69) is 5.32 Å². The predicted molar refractivity (Wildman–Crippen MR) is 56.8 cm³/mol. The Labute approximate surface area is 104 Å². The van der Waals surface area contributed by atoms with Crippen LogP contribution in [-0.4, -0.2) is 29.8 Å². The van der Waals surface area contributed by atoms with E-state index >= 15 is 0 Å². The van der Waals surface area contributed by atoms with Gasteiger partial charge in [0.2, 0.25) is 0 Å². The van der Waals surface area contributed by atoms with Gasteiger partial charge in [-0.25, -0.2) is 0 Å². The molecule has 0 radical (unpaired) electrons. The zero-order chi connectivity index (χ0) is 14.4. The van der Waals surface area contributed by atoms with Crippen LogP contribution in [0.5, 0.6) is 0 Å². The fourth-order valence-electron chi connectivity index (χ4n) is 0.930. The van der Waals surface area contributed by atoms with Gasteiger partial charge in [0.1, 0.15) is 5.03 Å². The molecule has 0 bridgehead atoms. The van der Waals surface area contributed by atoms with E-state index in [-0.39, 0.29) is 11.6 Å². The van der Waals surface area contributed by atoms with Gasteiger partial charge in [-0.2, -0.15) is 22.0 Å². The van der Waals surface area contributed by atoms with Crippen LogP contribution in [0, 0.1) is 10.1 Å². The molecule has 1 N–H and O–H groups in total. The van der Waals surface area contributed by atoms with Crippen molar-refractivity contribution in [3.8, 4) is 0 Å². The molecule has 106 valence electrons. The maximum absolute atomic E-state index is 12.5. The van der Waals surface area contributed by atoms with E-state index in [0.717, 1.165) is 11.8 Å². The smallest absolute Gasteiger partial charge is 0.375 e. The van der Waals surface area contributed by atoms with Crippen LogP contribution in [0.1, 0.15) is 12.8 Å². The molecule has 0 aromatic rings. The monoisotopic (exact) mass is 294 g/mol. The number of hydrogen-bond donors (Lipinski definition) is 1. The van der Waals surface area contributed by atoms with E-state index in [0.29, 0.717) is 6.20 Å². The van der Waals surface area contributed by atoms with Crippen LogP contribution < -0.4 is 5.32 Å². The van der Waals surface area contributed by atoms with Gasteiger partial charge in [-0.1, -0.05) is 0 Å². The second-order valence-electron chi connectivity index (χ2n) is 3.22. The number of halogens is 5. The maximum Gasteiger partial charge on any atom is 0.453 e. The second kappa shape index (κ2) is 6.76. The van der Waals surface area contributed by atoms with Gasteiger partial charge in [0.05, 0.1) is 4.92 Å². The van der Waals surface area contributed by atoms with E-state index < -0.39 is 29.9 Å². The Balaban J connectivity index is 4.11. The van der Waals surface area contributed by atoms with Crippen LogP contribution in [0.25, 0.3) is 0 Å². The third-order valence-corrected chi connectivity index (χ3v) is 2.51. The van der Waals surface area contributed by atoms with Crippen LogP contribution in [0.15, 0.2) is 11.2 Å². The van der Waals surface area contributed by atoms with Gasteiger partial charge in [0, 0.05) is 13.0 Å². The molecule has 0 aromatic heterocycles. The highest BCUT2D eigenvalue weighted by Gasteiger charge is 2.56. The lowest BCUT2D eigenvalue weighted by molar-refractivity contribution is -0.403. The molecular weight excluding hydrogens is 283 g/mol. The molecule has 0 saturated carbocycles. The standard InChI is InChI=1S/C8H11F5N2O2S/c1-18-6(5-15(16)17)14-4-2-3-7(9,10)8(11,12)13/h5,14H,2-4H2,1H3. The number of hydrogen-bond acceptors (Lipinski definition) is 4. The summed E-state index contributed by atoms with van der Waals surface area (Å²) in [7, 11) is 0. The van der Waals surface area contributed by atoms with E-state index in [4.69, 9.17) is 0 Å². The van der Waals surface area contributed by atoms with Gasteiger partial charge < -0.3 is 5.32 Å². The third-order valence-electron chi connectivity index (χ3n) is 1.82. The second-order valence-corrected chi connectivity index (χ2v) is 4.06. The average Bonchev–Trinajstić information content (AvgIpc) is 2.20. The maximum atomic E-state index is 12.5. The highest BCUT2D eigenvalue weighted by molar-refractivity contribution is 8.02. The highest BCUT2D eigenvalue weighted by Crippen LogP contribution is 2.38. The number of nitro groups is 1. The van der Waals surface area contributed by atoms with Crippen molar-refractivity contribution in [2.75, 3.05) is 12.8 Å². The van der Waals surface area contributed by atoms with Crippen molar-refractivity contribution in [1.29, 1.82) is 0 Å². The van der Waals surface area contributed by atoms with Gasteiger partial charge in [0.15, 0.2) is 0 Å². The largest absolute Gasteiger partial charge is 0.453 e. The first-order chi connectivity index (χ1) is 8.10. The van der Waals surface area contributed by atoms with E-state index in [1.54, 1.807) is 0 Å². The van der Waals surface area contributed by atoms with Crippen molar-refractivity contribution < 1.29 is 26.9 Å². The minimum Gasteiger partial charge on any atom is -0.375 e. The van der Waals surface area contributed by atoms with Crippen LogP contribution in [0.3, 0.4) is 0 Å². The topological polar surface area (TPSA) is 55.2 Å². The van der Waals surface area contributed by atoms with Gasteiger partial charge in [-0.15, -0.1) is 11.8 Å². The molecule has 0 heterocycles. The Kier molecular flexibility index (Phi) is 6.36. The molecule has 0 unspecified atom stereocenters. The SMILES string of the molecule is CSC(=C[N+](=O)[O-])NCCCC(F)(F)C(F)(F)F. The van der Waals surface area contributed by atoms with Crippen molar-refractivity contribution in [3.63, 3.8) is 0 Å². The molecule has 0 aliphatic heterocycles. The van der Waals surface area contributed by atoms with Gasteiger partial charge in [0.25, 0.3) is 6.20 Å². The Bertz CT molecular complexity index is 319. The number of nitrogens with zero attached hydrogens (tertiary/aromatic N) is 1. The van der Waals surface area contributed by atoms with Gasteiger partial charge >= 0.3 is 12.1 Å². The van der Waals surface area contributed by atoms with Crippen molar-refractivity contribution >= 4 is 11.8 Å². The Morgan fingerprint density at radius 3 is 2.33 bits per heavy atom. The minimum absolute atomic E-state index is 0.0929. The van der Waals surface area contributed by atoms with Crippen LogP contribution in [-0.2, 0) is 0 Å². The molecule has 0 rings (SSSR count). The van der Waals surface area contributed by atoms with E-state index in [1.807, 2.05) is 0 Å². The summed E-state index contributed by atoms with van der Waals surface area (Å²) in [5.41, 5.74) is 0. The van der Waals surface area contributed by atoms with Gasteiger partial charge in [-0.3, -0.25) is 10.1 Å². The third kappa shape index (κ3) is 6.03. The molecule has 0 saturated heterocycles. The first-order valence-corrected chi connectivity index (χ1v) is 5.90. The Morgan fingerprint density at radius 2 is 1.94 bits per heavy atom. The molecule has 18 heavy (non-hydrogen) atoms. The number of nitrogens with one attached hydrogen (secondary N) is 1. The van der Waals surface area contributed by atoms with Crippen LogP contribution >= 0.6 is 11.8 Å². The minimum atomic E-state index is -5.56. The molecule has 0 fully saturated rings. The number of thioether (sulfide) groups is 1. The Hall–Kier alpha value is -1.06. The average molecular weight is 294 g/mol. The summed E-state index contributed by atoms with van der Waals surface area (Å²) in [6.45, 7) is -0.202. The molecule has 0 aliphatic rings. The highest BCUT2D eigenvalue weighted by atomic mass is 32.2. The predicted octanol–water partition coefficient (Wildman–Crippen LogP) is 2.99. The Morgan fingerprint density at radius 1 is 1.39 bits per heavy atom. The van der Waals surface area contributed by atoms with E-state index in [9.17, 15) is 32.1 Å². The molecule has 4 nitrogen and oxygen atoms in total. The first-order valence-electron chi connectivity index (χ1n) is 4.68. The number of rotatable bonds is 7. The quantitative estimate of drug-likeness (QED) is 0.339. The molecule has 0 aromatic carbocycles. The molecule has 0 aliphatic carbocycles. The lowest BCUT2D eigenvalue weighted by Gasteiger charge is -2.19. The molecule has 10 heteroatoms. The summed E-state index contributed by atoms with van der Waals surface area (Å²) in [5.74, 6) is -4.74. The zero-order valence-corrected chi connectivity index (χ0v) is 10.1. The zero-order valence-electron chi connectivity index (χ0n) is 9.26. The molecule has 0 amide bonds. The summed E-state index contributed by atoms with van der Waals surface area (Å²) in [6, 6.07) is 0. The van der Waals surface area contributed by atoms with Crippen molar-refractivity contribution in [1.82, 2.24) is 5.32 Å². The normalized spacial score (nSPS) is 13.6. The van der Waals surface area contributed by atoms with Crippen LogP contribution in [0.2, 0.25) is 0 Å². The summed E-state index contributed by atoms with van der Waals surface area (Å²) >= 11 is 0.960. The van der Waals surface area contributed by atoms with Gasteiger partial charge in [-0.05, 0) is 12.7 Å². The van der Waals surface area contributed by atoms with Crippen molar-refractivity contribution in [2.45, 2.75) is 24.9 Å². The molecule has 0 spiro atoms. The summed E-state index contributed by atoms with van der Waals surface area (Å²) < 4.78 is 60.3. The lowest BCUT2D eigenvalue weighted by Crippen LogP contribution is -2.36. The van der Waals surface area contributed by atoms with Crippen molar-refractivity contribution in [3.05, 3.63) is 21.3 Å².